The molecule has 1 aromatic carbocycles. The van der Waals surface area contributed by atoms with Gasteiger partial charge in [-0.15, -0.1) is 5.10 Å². The first-order chi connectivity index (χ1) is 14.9. The third-order valence-corrected chi connectivity index (χ3v) is 3.07. The van der Waals surface area contributed by atoms with E-state index in [4.69, 9.17) is 11.6 Å². The Kier molecular flexibility index (Phi) is 4.08. The van der Waals surface area contributed by atoms with Crippen LogP contribution in [0.2, 0.25) is 0 Å². The van der Waals surface area contributed by atoms with Gasteiger partial charge in [-0.3, -0.25) is 0 Å². The van der Waals surface area contributed by atoms with Gasteiger partial charge in [0, 0.05) is 19.3 Å². The summed E-state index contributed by atoms with van der Waals surface area (Å²) in [5, 5.41) is 7.60. The summed E-state index contributed by atoms with van der Waals surface area (Å²) in [5.41, 5.74) is 0.0515. The van der Waals surface area contributed by atoms with Crippen LogP contribution in [0.5, 0.6) is 11.8 Å². The molecule has 0 unspecified atom stereocenters. The van der Waals surface area contributed by atoms with Gasteiger partial charge in [-0.05, 0) is 18.2 Å². The van der Waals surface area contributed by atoms with Crippen LogP contribution < -0.4 is 9.47 Å². The quantitative estimate of drug-likeness (QED) is 0.588. The molecule has 0 atom stereocenters. The molecule has 3 aromatic rings. The van der Waals surface area contributed by atoms with Crippen LogP contribution in [0.3, 0.4) is 0 Å². The van der Waals surface area contributed by atoms with E-state index >= 15 is 0 Å². The number of hydrogen-bond donors (Lipinski definition) is 0. The molecule has 0 fully saturated rings. The number of halogens is 3. The molecule has 0 amide bonds. The zero-order valence-corrected chi connectivity index (χ0v) is 13.3. The first-order valence-corrected chi connectivity index (χ1v) is 7.25. The summed E-state index contributed by atoms with van der Waals surface area (Å²) in [6, 6.07) is 4.05. The minimum Gasteiger partial charge on any atom is -0.457 e. The molecule has 0 aliphatic carbocycles. The monoisotopic (exact) mass is 386 g/mol. The second-order valence-corrected chi connectivity index (χ2v) is 4.86. The largest absolute Gasteiger partial charge is 0.457 e. The maximum Gasteiger partial charge on any atom is 0.387 e. The Labute approximate surface area is 158 Å². The first kappa shape index (κ1) is 13.0. The van der Waals surface area contributed by atoms with Crippen LogP contribution >= 0.6 is 0 Å². The van der Waals surface area contributed by atoms with E-state index in [9.17, 15) is 13.2 Å². The van der Waals surface area contributed by atoms with Crippen molar-refractivity contribution in [1.82, 2.24) is 25.0 Å². The lowest BCUT2D eigenvalue weighted by Gasteiger charge is -2.07. The van der Waals surface area contributed by atoms with Crippen LogP contribution in [-0.2, 0) is 17.9 Å². The number of alkyl halides is 2. The van der Waals surface area contributed by atoms with Gasteiger partial charge in [0.2, 0.25) is 0 Å². The molecule has 8 nitrogen and oxygen atoms in total. The predicted molar refractivity (Wildman–Crippen MR) is 85.0 cm³/mol. The fourth-order valence-corrected chi connectivity index (χ4v) is 1.97. The van der Waals surface area contributed by atoms with E-state index in [2.05, 4.69) is 29.8 Å². The molecule has 0 N–H and O–H groups in total. The molecule has 2 heterocycles. The van der Waals surface area contributed by atoms with Crippen molar-refractivity contribution in [2.45, 2.75) is 19.8 Å². The summed E-state index contributed by atoms with van der Waals surface area (Å²) in [4.78, 5) is 7.59. The molecule has 0 spiro atoms. The van der Waals surface area contributed by atoms with Gasteiger partial charge in [0.25, 0.3) is 0 Å². The van der Waals surface area contributed by atoms with E-state index in [1.54, 1.807) is 0 Å². The smallest absolute Gasteiger partial charge is 0.387 e. The minimum atomic E-state index is -3.20. The lowest BCUT2D eigenvalue weighted by molar-refractivity contribution is -0.0521. The van der Waals surface area contributed by atoms with Gasteiger partial charge >= 0.3 is 12.6 Å². The molecular weight excluding hydrogens is 367 g/mol. The topological polar surface area (TPSA) is 84.2 Å². The Balaban J connectivity index is 1.70. The van der Waals surface area contributed by atoms with Gasteiger partial charge in [0.15, 0.2) is 11.6 Å². The molecule has 0 radical (unpaired) electrons. The summed E-state index contributed by atoms with van der Waals surface area (Å²) < 4.78 is 89.8. The maximum absolute atomic E-state index is 13.6. The molecule has 3 rings (SSSR count). The van der Waals surface area contributed by atoms with Crippen LogP contribution in [-0.4, -0.2) is 38.6 Å². The van der Waals surface area contributed by atoms with Crippen LogP contribution in [0.25, 0.3) is 5.69 Å². The van der Waals surface area contributed by atoms with Gasteiger partial charge in [0.1, 0.15) is 12.3 Å². The summed E-state index contributed by atoms with van der Waals surface area (Å²) in [7, 11) is -2.99. The third-order valence-electron chi connectivity index (χ3n) is 3.07. The molecular formula is C16H14F3N5O3. The van der Waals surface area contributed by atoms with Gasteiger partial charge in [-0.2, -0.15) is 13.8 Å². The number of benzene rings is 1. The normalized spacial score (nSPS) is 14.7. The fraction of sp³-hybridized carbons (Fsp3) is 0.250. The van der Waals surface area contributed by atoms with E-state index in [1.165, 1.54) is 12.3 Å². The van der Waals surface area contributed by atoms with Crippen molar-refractivity contribution in [3.63, 3.8) is 0 Å². The summed E-state index contributed by atoms with van der Waals surface area (Å²) in [6.45, 7) is -6.16. The van der Waals surface area contributed by atoms with E-state index in [-0.39, 0.29) is 29.7 Å². The van der Waals surface area contributed by atoms with Crippen LogP contribution in [0.4, 0.5) is 13.2 Å². The summed E-state index contributed by atoms with van der Waals surface area (Å²) in [5.74, 6) is -1.64. The van der Waals surface area contributed by atoms with Crippen molar-refractivity contribution >= 4 is 0 Å². The predicted octanol–water partition coefficient (Wildman–Crippen LogP) is 2.52. The van der Waals surface area contributed by atoms with E-state index in [0.717, 1.165) is 29.1 Å². The third kappa shape index (κ3) is 4.91. The second-order valence-electron chi connectivity index (χ2n) is 4.86. The molecule has 142 valence electrons. The van der Waals surface area contributed by atoms with E-state index in [1.807, 2.05) is 0 Å². The van der Waals surface area contributed by atoms with Gasteiger partial charge in [0.05, 0.1) is 31.0 Å². The molecule has 11 heteroatoms. The van der Waals surface area contributed by atoms with E-state index in [0.29, 0.717) is 0 Å². The molecule has 2 aromatic heterocycles. The molecule has 0 aliphatic rings. The Hall–Kier alpha value is -3.21. The average molecular weight is 386 g/mol. The fourth-order valence-electron chi connectivity index (χ4n) is 1.97. The van der Waals surface area contributed by atoms with Crippen molar-refractivity contribution in [1.29, 1.82) is 0 Å². The zero-order chi connectivity index (χ0) is 23.5. The number of ether oxygens (including phenoxy) is 3. The highest BCUT2D eigenvalue weighted by molar-refractivity contribution is 5.39. The number of hydrogen-bond acceptors (Lipinski definition) is 7. The number of rotatable bonds is 8. The standard InChI is InChI=1S/C16H14F3N5O3/c1-25-8-10-4-5-20-16(21-10)26-9-11-7-24(23-22-11)12-2-3-13(17)14(6-12)27-15(18)19/h2-7,15H,8-9H2,1H3/i1D3,8D2. The zero-order valence-electron chi connectivity index (χ0n) is 18.3. The molecule has 27 heavy (non-hydrogen) atoms. The van der Waals surface area contributed by atoms with Crippen molar-refractivity contribution in [2.24, 2.45) is 0 Å². The van der Waals surface area contributed by atoms with Gasteiger partial charge in [-0.25, -0.2) is 14.1 Å². The van der Waals surface area contributed by atoms with E-state index < -0.39 is 31.8 Å². The average Bonchev–Trinajstić information content (AvgIpc) is 3.15. The van der Waals surface area contributed by atoms with Crippen molar-refractivity contribution in [2.75, 3.05) is 7.04 Å². The lowest BCUT2D eigenvalue weighted by Crippen LogP contribution is -2.05. The molecule has 0 saturated carbocycles. The summed E-state index contributed by atoms with van der Waals surface area (Å²) in [6.07, 6.45) is 2.51. The minimum absolute atomic E-state index is 0.189. The molecule has 0 aliphatic heterocycles. The van der Waals surface area contributed by atoms with Gasteiger partial charge in [-0.1, -0.05) is 5.21 Å². The molecule has 0 bridgehead atoms. The molecule has 0 saturated heterocycles. The summed E-state index contributed by atoms with van der Waals surface area (Å²) >= 11 is 0. The number of nitrogens with zero attached hydrogens (tertiary/aromatic N) is 5. The number of methoxy groups -OCH3 is 1. The van der Waals surface area contributed by atoms with Crippen molar-refractivity contribution in [3.05, 3.63) is 53.9 Å². The SMILES string of the molecule is [2H]C([2H])([2H])OC([2H])([2H])c1ccnc(OCc2cn(-c3ccc(F)c(OC(F)F)c3)nn2)n1. The van der Waals surface area contributed by atoms with Crippen LogP contribution in [0.15, 0.2) is 36.7 Å². The Morgan fingerprint density at radius 2 is 2.19 bits per heavy atom. The van der Waals surface area contributed by atoms with Crippen molar-refractivity contribution in [3.8, 4) is 17.4 Å². The Morgan fingerprint density at radius 1 is 1.30 bits per heavy atom. The lowest BCUT2D eigenvalue weighted by atomic mass is 10.3. The highest BCUT2D eigenvalue weighted by atomic mass is 19.3. The first-order valence-electron chi connectivity index (χ1n) is 9.75. The highest BCUT2D eigenvalue weighted by Gasteiger charge is 2.13. The Morgan fingerprint density at radius 3 is 3.00 bits per heavy atom. The second kappa shape index (κ2) is 8.45. The number of aromatic nitrogens is 5. The highest BCUT2D eigenvalue weighted by Crippen LogP contribution is 2.22. The van der Waals surface area contributed by atoms with Crippen LogP contribution in [0, 0.1) is 5.82 Å². The van der Waals surface area contributed by atoms with Gasteiger partial charge < -0.3 is 14.2 Å². The van der Waals surface area contributed by atoms with Crippen LogP contribution in [0.1, 0.15) is 18.2 Å². The van der Waals surface area contributed by atoms with Crippen molar-refractivity contribution < 1.29 is 34.2 Å². The Bertz CT molecular complexity index is 1080. The maximum atomic E-state index is 13.6.